The minimum Gasteiger partial charge on any atom is -0.457 e. The van der Waals surface area contributed by atoms with Crippen molar-refractivity contribution < 1.29 is 9.84 Å². The van der Waals surface area contributed by atoms with Crippen LogP contribution in [0.5, 0.6) is 11.5 Å². The lowest BCUT2D eigenvalue weighted by molar-refractivity contribution is 0.281. The summed E-state index contributed by atoms with van der Waals surface area (Å²) < 4.78 is 5.79. The summed E-state index contributed by atoms with van der Waals surface area (Å²) >= 11 is 0. The molecule has 3 heteroatoms. The molecular formula is C16H19NO2. The van der Waals surface area contributed by atoms with Gasteiger partial charge in [0.25, 0.3) is 0 Å². The maximum atomic E-state index is 9.10. The SMILES string of the molecule is CCC(N)c1cccc(Oc2cccc(CO)c2)c1. The zero-order chi connectivity index (χ0) is 13.7. The van der Waals surface area contributed by atoms with Crippen LogP contribution in [0.1, 0.15) is 30.5 Å². The summed E-state index contributed by atoms with van der Waals surface area (Å²) in [7, 11) is 0. The van der Waals surface area contributed by atoms with Gasteiger partial charge in [0.2, 0.25) is 0 Å². The topological polar surface area (TPSA) is 55.5 Å². The fourth-order valence-corrected chi connectivity index (χ4v) is 1.89. The summed E-state index contributed by atoms with van der Waals surface area (Å²) in [5.74, 6) is 1.48. The highest BCUT2D eigenvalue weighted by atomic mass is 16.5. The van der Waals surface area contributed by atoms with Gasteiger partial charge in [-0.25, -0.2) is 0 Å². The fourth-order valence-electron chi connectivity index (χ4n) is 1.89. The Balaban J connectivity index is 2.18. The van der Waals surface area contributed by atoms with Gasteiger partial charge < -0.3 is 15.6 Å². The zero-order valence-corrected chi connectivity index (χ0v) is 11.0. The zero-order valence-electron chi connectivity index (χ0n) is 11.0. The van der Waals surface area contributed by atoms with Crippen molar-refractivity contribution in [3.8, 4) is 11.5 Å². The molecule has 1 atom stereocenters. The molecule has 3 nitrogen and oxygen atoms in total. The lowest BCUT2D eigenvalue weighted by Crippen LogP contribution is -2.08. The second-order valence-corrected chi connectivity index (χ2v) is 4.49. The number of rotatable bonds is 5. The maximum absolute atomic E-state index is 9.10. The van der Waals surface area contributed by atoms with Gasteiger partial charge in [0, 0.05) is 6.04 Å². The van der Waals surface area contributed by atoms with E-state index in [1.165, 1.54) is 0 Å². The number of hydrogen-bond acceptors (Lipinski definition) is 3. The molecule has 3 N–H and O–H groups in total. The molecule has 0 bridgehead atoms. The lowest BCUT2D eigenvalue weighted by Gasteiger charge is -2.12. The van der Waals surface area contributed by atoms with Crippen molar-refractivity contribution in [2.45, 2.75) is 26.0 Å². The van der Waals surface area contributed by atoms with E-state index in [4.69, 9.17) is 15.6 Å². The predicted molar refractivity (Wildman–Crippen MR) is 76.1 cm³/mol. The summed E-state index contributed by atoms with van der Waals surface area (Å²) in [6, 6.07) is 15.3. The first-order chi connectivity index (χ1) is 9.22. The monoisotopic (exact) mass is 257 g/mol. The van der Waals surface area contributed by atoms with Crippen molar-refractivity contribution in [1.29, 1.82) is 0 Å². The molecule has 0 amide bonds. The lowest BCUT2D eigenvalue weighted by atomic mass is 10.1. The van der Waals surface area contributed by atoms with Crippen molar-refractivity contribution in [3.63, 3.8) is 0 Å². The summed E-state index contributed by atoms with van der Waals surface area (Å²) in [5, 5.41) is 9.10. The van der Waals surface area contributed by atoms with Crippen molar-refractivity contribution in [3.05, 3.63) is 59.7 Å². The average molecular weight is 257 g/mol. The van der Waals surface area contributed by atoms with Crippen LogP contribution in [0.2, 0.25) is 0 Å². The third-order valence-corrected chi connectivity index (χ3v) is 3.04. The van der Waals surface area contributed by atoms with Crippen LogP contribution in [0.4, 0.5) is 0 Å². The van der Waals surface area contributed by atoms with Gasteiger partial charge in [-0.2, -0.15) is 0 Å². The van der Waals surface area contributed by atoms with Crippen LogP contribution >= 0.6 is 0 Å². The van der Waals surface area contributed by atoms with Crippen molar-refractivity contribution in [2.24, 2.45) is 5.73 Å². The maximum Gasteiger partial charge on any atom is 0.127 e. The summed E-state index contributed by atoms with van der Waals surface area (Å²) in [6.45, 7) is 2.07. The minimum atomic E-state index is 0.0119. The van der Waals surface area contributed by atoms with Gasteiger partial charge in [-0.3, -0.25) is 0 Å². The summed E-state index contributed by atoms with van der Waals surface area (Å²) in [5.41, 5.74) is 7.91. The van der Waals surface area contributed by atoms with Crippen LogP contribution in [-0.2, 0) is 6.61 Å². The van der Waals surface area contributed by atoms with Gasteiger partial charge in [-0.05, 0) is 41.8 Å². The van der Waals surface area contributed by atoms with Gasteiger partial charge in [-0.15, -0.1) is 0 Å². The molecule has 19 heavy (non-hydrogen) atoms. The van der Waals surface area contributed by atoms with E-state index in [1.54, 1.807) is 0 Å². The predicted octanol–water partition coefficient (Wildman–Crippen LogP) is 3.38. The van der Waals surface area contributed by atoms with Crippen LogP contribution in [-0.4, -0.2) is 5.11 Å². The highest BCUT2D eigenvalue weighted by Gasteiger charge is 2.05. The molecule has 0 radical (unpaired) electrons. The molecular weight excluding hydrogens is 238 g/mol. The smallest absolute Gasteiger partial charge is 0.127 e. The second kappa shape index (κ2) is 6.36. The molecule has 0 fully saturated rings. The van der Waals surface area contributed by atoms with Gasteiger partial charge in [0.05, 0.1) is 6.61 Å². The van der Waals surface area contributed by atoms with E-state index in [2.05, 4.69) is 6.92 Å². The Morgan fingerprint density at radius 3 is 2.47 bits per heavy atom. The van der Waals surface area contributed by atoms with Crippen LogP contribution in [0.15, 0.2) is 48.5 Å². The minimum absolute atomic E-state index is 0.0119. The third-order valence-electron chi connectivity index (χ3n) is 3.04. The number of hydrogen-bond donors (Lipinski definition) is 2. The van der Waals surface area contributed by atoms with E-state index in [1.807, 2.05) is 48.5 Å². The average Bonchev–Trinajstić information content (AvgIpc) is 2.47. The van der Waals surface area contributed by atoms with E-state index < -0.39 is 0 Å². The van der Waals surface area contributed by atoms with E-state index >= 15 is 0 Å². The fraction of sp³-hybridized carbons (Fsp3) is 0.250. The van der Waals surface area contributed by atoms with Crippen LogP contribution in [0.3, 0.4) is 0 Å². The largest absolute Gasteiger partial charge is 0.457 e. The third kappa shape index (κ3) is 3.56. The van der Waals surface area contributed by atoms with E-state index in [0.29, 0.717) is 5.75 Å². The van der Waals surface area contributed by atoms with E-state index in [-0.39, 0.29) is 12.6 Å². The number of benzene rings is 2. The van der Waals surface area contributed by atoms with Crippen LogP contribution in [0, 0.1) is 0 Å². The Kier molecular flexibility index (Phi) is 4.55. The quantitative estimate of drug-likeness (QED) is 0.863. The Labute approximate surface area is 113 Å². The first-order valence-corrected chi connectivity index (χ1v) is 6.46. The molecule has 0 heterocycles. The van der Waals surface area contributed by atoms with Crippen molar-refractivity contribution in [1.82, 2.24) is 0 Å². The first kappa shape index (κ1) is 13.6. The molecule has 0 aromatic heterocycles. The van der Waals surface area contributed by atoms with E-state index in [0.717, 1.165) is 23.3 Å². The molecule has 0 saturated carbocycles. The molecule has 0 aliphatic heterocycles. The Bertz CT molecular complexity index is 540. The Morgan fingerprint density at radius 1 is 1.11 bits per heavy atom. The van der Waals surface area contributed by atoms with Crippen LogP contribution < -0.4 is 10.5 Å². The molecule has 0 spiro atoms. The van der Waals surface area contributed by atoms with Crippen LogP contribution in [0.25, 0.3) is 0 Å². The molecule has 2 aromatic rings. The Hall–Kier alpha value is -1.84. The van der Waals surface area contributed by atoms with Gasteiger partial charge in [0.15, 0.2) is 0 Å². The van der Waals surface area contributed by atoms with Crippen molar-refractivity contribution in [2.75, 3.05) is 0 Å². The number of aliphatic hydroxyl groups excluding tert-OH is 1. The second-order valence-electron chi connectivity index (χ2n) is 4.49. The summed E-state index contributed by atoms with van der Waals surface area (Å²) in [6.07, 6.45) is 0.892. The molecule has 100 valence electrons. The molecule has 1 unspecified atom stereocenters. The van der Waals surface area contributed by atoms with Gasteiger partial charge in [0.1, 0.15) is 11.5 Å². The summed E-state index contributed by atoms with van der Waals surface area (Å²) in [4.78, 5) is 0. The highest BCUT2D eigenvalue weighted by Crippen LogP contribution is 2.25. The van der Waals surface area contributed by atoms with Crippen molar-refractivity contribution >= 4 is 0 Å². The molecule has 0 aliphatic carbocycles. The molecule has 0 saturated heterocycles. The molecule has 2 rings (SSSR count). The standard InChI is InChI=1S/C16H19NO2/c1-2-16(17)13-6-4-8-15(10-13)19-14-7-3-5-12(9-14)11-18/h3-10,16,18H,2,11,17H2,1H3. The number of ether oxygens (including phenoxy) is 1. The first-order valence-electron chi connectivity index (χ1n) is 6.46. The van der Waals surface area contributed by atoms with E-state index in [9.17, 15) is 0 Å². The normalized spacial score (nSPS) is 12.2. The Morgan fingerprint density at radius 2 is 1.79 bits per heavy atom. The van der Waals surface area contributed by atoms with Gasteiger partial charge in [-0.1, -0.05) is 31.2 Å². The highest BCUT2D eigenvalue weighted by molar-refractivity contribution is 5.36. The van der Waals surface area contributed by atoms with Gasteiger partial charge >= 0.3 is 0 Å². The molecule has 2 aromatic carbocycles. The molecule has 0 aliphatic rings. The number of aliphatic hydroxyl groups is 1. The number of nitrogens with two attached hydrogens (primary N) is 1.